The summed E-state index contributed by atoms with van der Waals surface area (Å²) in [7, 11) is 0. The summed E-state index contributed by atoms with van der Waals surface area (Å²) in [4.78, 5) is 0. The van der Waals surface area contributed by atoms with Gasteiger partial charge < -0.3 is 5.73 Å². The van der Waals surface area contributed by atoms with E-state index < -0.39 is 5.82 Å². The molecule has 68 valence electrons. The SMILES string of the molecule is NCC#Cc1cc(F)c(Cl)c(Cl)c1. The molecule has 0 aromatic heterocycles. The fraction of sp³-hybridized carbons (Fsp3) is 0.111. The molecule has 1 aromatic rings. The number of benzene rings is 1. The smallest absolute Gasteiger partial charge is 0.144 e. The Bertz CT molecular complexity index is 356. The monoisotopic (exact) mass is 217 g/mol. The van der Waals surface area contributed by atoms with Gasteiger partial charge in [-0.1, -0.05) is 35.0 Å². The van der Waals surface area contributed by atoms with Crippen molar-refractivity contribution < 1.29 is 4.39 Å². The fourth-order valence-corrected chi connectivity index (χ4v) is 1.10. The molecule has 0 heterocycles. The predicted molar refractivity (Wildman–Crippen MR) is 52.4 cm³/mol. The van der Waals surface area contributed by atoms with E-state index in [4.69, 9.17) is 28.9 Å². The van der Waals surface area contributed by atoms with Crippen LogP contribution in [-0.4, -0.2) is 6.54 Å². The van der Waals surface area contributed by atoms with Crippen LogP contribution in [-0.2, 0) is 0 Å². The van der Waals surface area contributed by atoms with Crippen LogP contribution >= 0.6 is 23.2 Å². The molecule has 0 saturated heterocycles. The van der Waals surface area contributed by atoms with Gasteiger partial charge in [0.1, 0.15) is 5.82 Å². The average molecular weight is 218 g/mol. The number of hydrogen-bond donors (Lipinski definition) is 1. The number of hydrogen-bond acceptors (Lipinski definition) is 1. The van der Waals surface area contributed by atoms with Gasteiger partial charge in [-0.3, -0.25) is 0 Å². The maximum Gasteiger partial charge on any atom is 0.144 e. The topological polar surface area (TPSA) is 26.0 Å². The molecule has 0 spiro atoms. The average Bonchev–Trinajstić information content (AvgIpc) is 2.10. The highest BCUT2D eigenvalue weighted by molar-refractivity contribution is 6.42. The van der Waals surface area contributed by atoms with Gasteiger partial charge in [-0.25, -0.2) is 4.39 Å². The Morgan fingerprint density at radius 3 is 2.62 bits per heavy atom. The first-order valence-corrected chi connectivity index (χ1v) is 4.24. The lowest BCUT2D eigenvalue weighted by atomic mass is 10.2. The zero-order valence-corrected chi connectivity index (χ0v) is 8.08. The second kappa shape index (κ2) is 4.48. The zero-order chi connectivity index (χ0) is 9.84. The highest BCUT2D eigenvalue weighted by Crippen LogP contribution is 2.25. The van der Waals surface area contributed by atoms with Crippen molar-refractivity contribution in [2.24, 2.45) is 5.73 Å². The van der Waals surface area contributed by atoms with Gasteiger partial charge in [0.25, 0.3) is 0 Å². The zero-order valence-electron chi connectivity index (χ0n) is 6.57. The lowest BCUT2D eigenvalue weighted by molar-refractivity contribution is 0.628. The van der Waals surface area contributed by atoms with Crippen LogP contribution in [0.15, 0.2) is 12.1 Å². The van der Waals surface area contributed by atoms with Crippen LogP contribution in [0.1, 0.15) is 5.56 Å². The molecule has 4 heteroatoms. The number of halogens is 3. The molecule has 0 bridgehead atoms. The number of nitrogens with two attached hydrogens (primary N) is 1. The predicted octanol–water partition coefficient (Wildman–Crippen LogP) is 2.44. The maximum atomic E-state index is 13.0. The molecule has 2 N–H and O–H groups in total. The molecule has 1 aromatic carbocycles. The Labute approximate surface area is 85.6 Å². The van der Waals surface area contributed by atoms with Gasteiger partial charge >= 0.3 is 0 Å². The molecule has 0 saturated carbocycles. The summed E-state index contributed by atoms with van der Waals surface area (Å²) in [6.45, 7) is 0.224. The molecule has 1 rings (SSSR count). The summed E-state index contributed by atoms with van der Waals surface area (Å²) in [5, 5.41) is 0.0722. The fourth-order valence-electron chi connectivity index (χ4n) is 0.781. The second-order valence-electron chi connectivity index (χ2n) is 2.26. The van der Waals surface area contributed by atoms with Gasteiger partial charge in [0.05, 0.1) is 16.6 Å². The molecule has 13 heavy (non-hydrogen) atoms. The molecular formula is C9H6Cl2FN. The molecule has 0 unspecified atom stereocenters. The molecule has 0 amide bonds. The lowest BCUT2D eigenvalue weighted by Crippen LogP contribution is -1.93. The third-order valence-corrected chi connectivity index (χ3v) is 2.10. The summed E-state index contributed by atoms with van der Waals surface area (Å²) in [5.41, 5.74) is 5.63. The largest absolute Gasteiger partial charge is 0.320 e. The molecule has 0 radical (unpaired) electrons. The van der Waals surface area contributed by atoms with E-state index in [-0.39, 0.29) is 16.6 Å². The highest BCUT2D eigenvalue weighted by Gasteiger charge is 2.05. The summed E-state index contributed by atoms with van der Waals surface area (Å²) in [6, 6.07) is 2.71. The van der Waals surface area contributed by atoms with E-state index in [9.17, 15) is 4.39 Å². The van der Waals surface area contributed by atoms with Crippen molar-refractivity contribution in [1.82, 2.24) is 0 Å². The van der Waals surface area contributed by atoms with E-state index >= 15 is 0 Å². The van der Waals surface area contributed by atoms with Gasteiger partial charge in [-0.2, -0.15) is 0 Å². The first-order chi connectivity index (χ1) is 6.15. The van der Waals surface area contributed by atoms with Crippen LogP contribution < -0.4 is 5.73 Å². The van der Waals surface area contributed by atoms with E-state index in [0.717, 1.165) is 0 Å². The summed E-state index contributed by atoms with van der Waals surface area (Å²) >= 11 is 11.1. The molecule has 1 nitrogen and oxygen atoms in total. The quantitative estimate of drug-likeness (QED) is 0.525. The third kappa shape index (κ3) is 2.60. The summed E-state index contributed by atoms with van der Waals surface area (Å²) in [6.07, 6.45) is 0. The van der Waals surface area contributed by atoms with Crippen molar-refractivity contribution in [2.75, 3.05) is 6.54 Å². The van der Waals surface area contributed by atoms with Crippen molar-refractivity contribution in [3.05, 3.63) is 33.6 Å². The van der Waals surface area contributed by atoms with Crippen molar-refractivity contribution >= 4 is 23.2 Å². The van der Waals surface area contributed by atoms with Crippen LogP contribution in [0, 0.1) is 17.7 Å². The van der Waals surface area contributed by atoms with Gasteiger partial charge in [0.15, 0.2) is 0 Å². The molecular weight excluding hydrogens is 212 g/mol. The third-order valence-electron chi connectivity index (χ3n) is 1.32. The molecule has 0 atom stereocenters. The minimum Gasteiger partial charge on any atom is -0.320 e. The first-order valence-electron chi connectivity index (χ1n) is 3.48. The normalized spacial score (nSPS) is 9.23. The van der Waals surface area contributed by atoms with Crippen molar-refractivity contribution in [1.29, 1.82) is 0 Å². The second-order valence-corrected chi connectivity index (χ2v) is 3.04. The van der Waals surface area contributed by atoms with E-state index in [1.807, 2.05) is 0 Å². The standard InChI is InChI=1S/C9H6Cl2FN/c10-7-4-6(2-1-3-13)5-8(12)9(7)11/h4-5H,3,13H2. The molecule has 0 aliphatic carbocycles. The molecule has 0 aliphatic heterocycles. The minimum absolute atomic E-state index is 0.0834. The van der Waals surface area contributed by atoms with Crippen LogP contribution in [0.2, 0.25) is 10.0 Å². The van der Waals surface area contributed by atoms with Crippen molar-refractivity contribution in [3.8, 4) is 11.8 Å². The van der Waals surface area contributed by atoms with E-state index in [1.54, 1.807) is 0 Å². The van der Waals surface area contributed by atoms with Crippen molar-refractivity contribution in [2.45, 2.75) is 0 Å². The summed E-state index contributed by atoms with van der Waals surface area (Å²) in [5.74, 6) is 4.67. The lowest BCUT2D eigenvalue weighted by Gasteiger charge is -1.97. The van der Waals surface area contributed by atoms with Gasteiger partial charge in [0.2, 0.25) is 0 Å². The Morgan fingerprint density at radius 2 is 2.08 bits per heavy atom. The maximum absolute atomic E-state index is 13.0. The van der Waals surface area contributed by atoms with Crippen molar-refractivity contribution in [3.63, 3.8) is 0 Å². The summed E-state index contributed by atoms with van der Waals surface area (Å²) < 4.78 is 13.0. The Morgan fingerprint density at radius 1 is 1.38 bits per heavy atom. The Balaban J connectivity index is 3.13. The van der Waals surface area contributed by atoms with Crippen LogP contribution in [0.5, 0.6) is 0 Å². The Kier molecular flexibility index (Phi) is 3.56. The van der Waals surface area contributed by atoms with Gasteiger partial charge in [-0.15, -0.1) is 0 Å². The Hall–Kier alpha value is -0.750. The number of rotatable bonds is 0. The first kappa shape index (κ1) is 10.3. The van der Waals surface area contributed by atoms with Gasteiger partial charge in [0, 0.05) is 5.56 Å². The van der Waals surface area contributed by atoms with E-state index in [0.29, 0.717) is 5.56 Å². The van der Waals surface area contributed by atoms with Crippen LogP contribution in [0.25, 0.3) is 0 Å². The van der Waals surface area contributed by atoms with Gasteiger partial charge in [-0.05, 0) is 12.1 Å². The molecule has 0 aliphatic rings. The molecule has 0 fully saturated rings. The highest BCUT2D eigenvalue weighted by atomic mass is 35.5. The van der Waals surface area contributed by atoms with E-state index in [1.165, 1.54) is 12.1 Å². The van der Waals surface area contributed by atoms with E-state index in [2.05, 4.69) is 11.8 Å². The minimum atomic E-state index is -0.574. The van der Waals surface area contributed by atoms with Crippen LogP contribution in [0.4, 0.5) is 4.39 Å². The van der Waals surface area contributed by atoms with Crippen LogP contribution in [0.3, 0.4) is 0 Å².